The van der Waals surface area contributed by atoms with E-state index >= 15 is 0 Å². The molecule has 0 unspecified atom stereocenters. The van der Waals surface area contributed by atoms with Gasteiger partial charge in [-0.25, -0.2) is 0 Å². The predicted octanol–water partition coefficient (Wildman–Crippen LogP) is 9.02. The molecule has 2 aromatic carbocycles. The van der Waals surface area contributed by atoms with Gasteiger partial charge in [-0.05, 0) is 50.1 Å². The van der Waals surface area contributed by atoms with Crippen LogP contribution < -0.4 is 4.90 Å². The Morgan fingerprint density at radius 3 is 2.28 bits per heavy atom. The van der Waals surface area contributed by atoms with E-state index in [1.165, 1.54) is 59.6 Å². The minimum absolute atomic E-state index is 0.0531. The van der Waals surface area contributed by atoms with Gasteiger partial charge in [0.2, 0.25) is 5.69 Å². The third-order valence-corrected chi connectivity index (χ3v) is 8.12. The highest BCUT2D eigenvalue weighted by molar-refractivity contribution is 6.31. The summed E-state index contributed by atoms with van der Waals surface area (Å²) in [6.45, 7) is 15.8. The quantitative estimate of drug-likeness (QED) is 0.245. The van der Waals surface area contributed by atoms with Crippen molar-refractivity contribution in [1.29, 1.82) is 0 Å². The zero-order valence-corrected chi connectivity index (χ0v) is 23.7. The van der Waals surface area contributed by atoms with Crippen LogP contribution in [0.3, 0.4) is 0 Å². The minimum Gasteiger partial charge on any atom is -0.344 e. The van der Waals surface area contributed by atoms with Crippen LogP contribution in [0.4, 0.5) is 11.4 Å². The minimum atomic E-state index is -0.0531. The summed E-state index contributed by atoms with van der Waals surface area (Å²) in [5.74, 6) is 0. The van der Waals surface area contributed by atoms with Crippen LogP contribution >= 0.6 is 11.6 Å². The van der Waals surface area contributed by atoms with E-state index in [-0.39, 0.29) is 10.8 Å². The van der Waals surface area contributed by atoms with Crippen LogP contribution in [0.25, 0.3) is 0 Å². The average molecular weight is 502 g/mol. The van der Waals surface area contributed by atoms with E-state index in [0.717, 1.165) is 18.1 Å². The fourth-order valence-electron chi connectivity index (χ4n) is 5.77. The van der Waals surface area contributed by atoms with E-state index in [1.54, 1.807) is 0 Å². The molecule has 2 heterocycles. The second kappa shape index (κ2) is 10.8. The van der Waals surface area contributed by atoms with Crippen LogP contribution in [0.15, 0.2) is 83.6 Å². The van der Waals surface area contributed by atoms with E-state index in [1.807, 2.05) is 0 Å². The van der Waals surface area contributed by atoms with Crippen molar-refractivity contribution in [2.24, 2.45) is 0 Å². The van der Waals surface area contributed by atoms with Gasteiger partial charge < -0.3 is 4.90 Å². The number of fused-ring (bicyclic) bond motifs is 2. The first-order chi connectivity index (χ1) is 17.2. The van der Waals surface area contributed by atoms with Crippen LogP contribution in [0.2, 0.25) is 0 Å². The maximum Gasteiger partial charge on any atom is 0.209 e. The molecule has 0 saturated heterocycles. The summed E-state index contributed by atoms with van der Waals surface area (Å²) >= 11 is 6.83. The highest BCUT2D eigenvalue weighted by Crippen LogP contribution is 2.47. The molecule has 0 atom stereocenters. The molecule has 2 aliphatic heterocycles. The monoisotopic (exact) mass is 501 g/mol. The molecule has 190 valence electrons. The Balaban J connectivity index is 1.66. The molecule has 0 saturated carbocycles. The summed E-state index contributed by atoms with van der Waals surface area (Å²) < 4.78 is 2.49. The number of allylic oxidation sites excluding steroid dienone is 6. The highest BCUT2D eigenvalue weighted by atomic mass is 35.5. The van der Waals surface area contributed by atoms with Crippen LogP contribution in [-0.4, -0.2) is 23.4 Å². The van der Waals surface area contributed by atoms with Crippen molar-refractivity contribution in [2.45, 2.75) is 78.1 Å². The summed E-state index contributed by atoms with van der Waals surface area (Å²) in [5.41, 5.74) is 7.96. The molecule has 3 heteroatoms. The lowest BCUT2D eigenvalue weighted by Gasteiger charge is -2.27. The van der Waals surface area contributed by atoms with Gasteiger partial charge in [-0.15, -0.1) is 0 Å². The first-order valence-electron chi connectivity index (χ1n) is 13.6. The largest absolute Gasteiger partial charge is 0.344 e. The van der Waals surface area contributed by atoms with Crippen molar-refractivity contribution >= 4 is 28.7 Å². The molecular formula is C33H42ClN2+. The molecule has 0 radical (unpaired) electrons. The van der Waals surface area contributed by atoms with Crippen molar-refractivity contribution < 1.29 is 4.58 Å². The maximum atomic E-state index is 6.83. The van der Waals surface area contributed by atoms with E-state index in [4.69, 9.17) is 11.6 Å². The number of benzene rings is 2. The molecule has 0 aliphatic carbocycles. The van der Waals surface area contributed by atoms with Crippen molar-refractivity contribution in [3.05, 3.63) is 94.7 Å². The molecule has 36 heavy (non-hydrogen) atoms. The third kappa shape index (κ3) is 4.85. The molecule has 2 aliphatic rings. The second-order valence-electron chi connectivity index (χ2n) is 11.1. The van der Waals surface area contributed by atoms with Gasteiger partial charge in [0.05, 0.1) is 5.41 Å². The Morgan fingerprint density at radius 1 is 0.889 bits per heavy atom. The maximum absolute atomic E-state index is 6.83. The number of unbranched alkanes of at least 4 members (excludes halogenated alkanes) is 2. The normalized spacial score (nSPS) is 19.5. The summed E-state index contributed by atoms with van der Waals surface area (Å²) in [5, 5.41) is 0.749. The number of halogens is 1. The Labute approximate surface area is 223 Å². The van der Waals surface area contributed by atoms with Crippen LogP contribution in [-0.2, 0) is 10.8 Å². The number of hydrogen-bond acceptors (Lipinski definition) is 1. The number of para-hydroxylation sites is 2. The predicted molar refractivity (Wildman–Crippen MR) is 157 cm³/mol. The molecule has 0 N–H and O–H groups in total. The standard InChI is InChI=1S/C33H42ClN2/c1-7-9-23-35-28-17-13-11-15-26(28)32(3,4)30(35)21-19-25(34)20-22-31-33(5,6)27-16-12-14-18-29(27)36(31)24-10-8-2/h11-22H,7-10,23-24H2,1-6H3/q+1. The lowest BCUT2D eigenvalue weighted by atomic mass is 9.81. The molecule has 4 rings (SSSR count). The summed E-state index contributed by atoms with van der Waals surface area (Å²) in [6, 6.07) is 17.6. The molecule has 0 aromatic heterocycles. The Hall–Kier alpha value is -2.58. The van der Waals surface area contributed by atoms with Crippen LogP contribution in [0.1, 0.15) is 78.4 Å². The molecule has 0 spiro atoms. The lowest BCUT2D eigenvalue weighted by molar-refractivity contribution is -0.438. The van der Waals surface area contributed by atoms with Gasteiger partial charge in [0.25, 0.3) is 0 Å². The van der Waals surface area contributed by atoms with Gasteiger partial charge in [0, 0.05) is 52.5 Å². The SMILES string of the molecule is CCCCN1C(=CC=C(Cl)C=CC2=[N+](CCCC)c3ccccc3C2(C)C)C(C)(C)c2ccccc21. The van der Waals surface area contributed by atoms with Crippen molar-refractivity contribution in [2.75, 3.05) is 18.0 Å². The topological polar surface area (TPSA) is 6.25 Å². The summed E-state index contributed by atoms with van der Waals surface area (Å²) in [4.78, 5) is 2.49. The smallest absolute Gasteiger partial charge is 0.209 e. The zero-order chi connectivity index (χ0) is 25.9. The fraction of sp³-hybridized carbons (Fsp3) is 0.424. The number of anilines is 1. The number of rotatable bonds is 9. The third-order valence-electron chi connectivity index (χ3n) is 7.87. The number of nitrogens with zero attached hydrogens (tertiary/aromatic N) is 2. The van der Waals surface area contributed by atoms with E-state index in [2.05, 4.69) is 124 Å². The molecule has 0 fully saturated rings. The van der Waals surface area contributed by atoms with Gasteiger partial charge in [-0.3, -0.25) is 0 Å². The molecule has 2 aromatic rings. The second-order valence-corrected chi connectivity index (χ2v) is 11.6. The highest BCUT2D eigenvalue weighted by Gasteiger charge is 2.44. The first kappa shape index (κ1) is 26.5. The lowest BCUT2D eigenvalue weighted by Crippen LogP contribution is -2.28. The van der Waals surface area contributed by atoms with Gasteiger partial charge in [0.1, 0.15) is 6.54 Å². The first-order valence-corrected chi connectivity index (χ1v) is 14.0. The van der Waals surface area contributed by atoms with Crippen molar-refractivity contribution in [1.82, 2.24) is 0 Å². The van der Waals surface area contributed by atoms with Gasteiger partial charge >= 0.3 is 0 Å². The van der Waals surface area contributed by atoms with Gasteiger partial charge in [0.15, 0.2) is 5.71 Å². The Morgan fingerprint density at radius 2 is 1.56 bits per heavy atom. The Kier molecular flexibility index (Phi) is 7.95. The number of hydrogen-bond donors (Lipinski definition) is 0. The Bertz CT molecular complexity index is 1230. The average Bonchev–Trinajstić information content (AvgIpc) is 3.22. The summed E-state index contributed by atoms with van der Waals surface area (Å²) in [7, 11) is 0. The van der Waals surface area contributed by atoms with E-state index in [9.17, 15) is 0 Å². The van der Waals surface area contributed by atoms with E-state index in [0.29, 0.717) is 0 Å². The van der Waals surface area contributed by atoms with Crippen molar-refractivity contribution in [3.8, 4) is 0 Å². The van der Waals surface area contributed by atoms with Gasteiger partial charge in [-0.1, -0.05) is 88.5 Å². The van der Waals surface area contributed by atoms with Gasteiger partial charge in [-0.2, -0.15) is 4.58 Å². The molecular weight excluding hydrogens is 460 g/mol. The van der Waals surface area contributed by atoms with E-state index < -0.39 is 0 Å². The molecule has 0 amide bonds. The fourth-order valence-corrected chi connectivity index (χ4v) is 5.89. The molecule has 0 bridgehead atoms. The van der Waals surface area contributed by atoms with Crippen LogP contribution in [0.5, 0.6) is 0 Å². The molecule has 2 nitrogen and oxygen atoms in total. The van der Waals surface area contributed by atoms with Crippen LogP contribution in [0, 0.1) is 0 Å². The van der Waals surface area contributed by atoms with Crippen molar-refractivity contribution in [3.63, 3.8) is 0 Å². The zero-order valence-electron chi connectivity index (χ0n) is 22.9. The summed E-state index contributed by atoms with van der Waals surface area (Å²) in [6.07, 6.45) is 13.3.